The Morgan fingerprint density at radius 2 is 1.37 bits per heavy atom. The van der Waals surface area contributed by atoms with Gasteiger partial charge in [0.1, 0.15) is 29.9 Å². The van der Waals surface area contributed by atoms with Crippen molar-refractivity contribution in [3.8, 4) is 5.75 Å². The third kappa shape index (κ3) is 15.7. The minimum Gasteiger partial charge on any atom is -0.481 e. The number of carboxylic acid groups (broad SMARTS) is 1. The van der Waals surface area contributed by atoms with Crippen molar-refractivity contribution in [3.05, 3.63) is 65.7 Å². The van der Waals surface area contributed by atoms with Gasteiger partial charge in [0.15, 0.2) is 0 Å². The Kier molecular flexibility index (Phi) is 16.9. The lowest BCUT2D eigenvalue weighted by molar-refractivity contribution is -0.138. The molecule has 5 unspecified atom stereocenters. The van der Waals surface area contributed by atoms with Gasteiger partial charge >= 0.3 is 13.8 Å². The Hall–Kier alpha value is -5.32. The van der Waals surface area contributed by atoms with Gasteiger partial charge in [-0.15, -0.1) is 0 Å². The second-order valence-corrected chi connectivity index (χ2v) is 13.1. The van der Waals surface area contributed by atoms with Gasteiger partial charge < -0.3 is 41.9 Å². The standard InChI is InChI=1S/C33H45N6O12P/c1-4-19(2)29(36-20(3)40)33(47)39-26(17-22-10-12-23(13-11-22)51-52(48,49)50)31(45)35-18-27(41)37-24(14-15-28(42)43)32(46)38-25(30(34)44)16-21-8-6-5-7-9-21/h5-13,19,24-26,29H,4,14-18H2,1-3H3,(H2,34,44)(H,35,45)(H,36,40)(H,37,41)(H,38,46)(H,39,47)(H,42,43)(H2,48,49,50). The van der Waals surface area contributed by atoms with Crippen LogP contribution in [0.25, 0.3) is 0 Å². The van der Waals surface area contributed by atoms with Crippen LogP contribution in [0.5, 0.6) is 5.75 Å². The lowest BCUT2D eigenvalue weighted by Gasteiger charge is -2.26. The summed E-state index contributed by atoms with van der Waals surface area (Å²) in [5.41, 5.74) is 6.57. The van der Waals surface area contributed by atoms with Crippen molar-refractivity contribution in [2.75, 3.05) is 6.54 Å². The monoisotopic (exact) mass is 748 g/mol. The van der Waals surface area contributed by atoms with E-state index in [1.165, 1.54) is 31.2 Å². The number of phosphoric acid groups is 1. The van der Waals surface area contributed by atoms with Crippen molar-refractivity contribution in [3.63, 3.8) is 0 Å². The van der Waals surface area contributed by atoms with Crippen molar-refractivity contribution < 1.29 is 57.5 Å². The van der Waals surface area contributed by atoms with Gasteiger partial charge in [0.2, 0.25) is 35.4 Å². The molecule has 0 aliphatic carbocycles. The molecular weight excluding hydrogens is 703 g/mol. The number of hydrogen-bond donors (Lipinski definition) is 9. The highest BCUT2D eigenvalue weighted by Gasteiger charge is 2.31. The average Bonchev–Trinajstić information content (AvgIpc) is 3.07. The summed E-state index contributed by atoms with van der Waals surface area (Å²) in [6.45, 7) is 4.04. The number of hydrogen-bond acceptors (Lipinski definition) is 9. The molecule has 0 saturated carbocycles. The van der Waals surface area contributed by atoms with Crippen LogP contribution in [-0.2, 0) is 51.0 Å². The van der Waals surface area contributed by atoms with E-state index >= 15 is 0 Å². The molecule has 2 rings (SSSR count). The first-order valence-corrected chi connectivity index (χ1v) is 17.8. The second-order valence-electron chi connectivity index (χ2n) is 12.0. The molecule has 0 spiro atoms. The van der Waals surface area contributed by atoms with E-state index in [0.29, 0.717) is 17.5 Å². The van der Waals surface area contributed by atoms with E-state index in [4.69, 9.17) is 15.5 Å². The number of aliphatic carboxylic acids is 1. The molecule has 52 heavy (non-hydrogen) atoms. The van der Waals surface area contributed by atoms with Gasteiger partial charge in [-0.1, -0.05) is 62.7 Å². The molecule has 5 atom stereocenters. The summed E-state index contributed by atoms with van der Waals surface area (Å²) in [4.78, 5) is 106. The molecule has 0 radical (unpaired) electrons. The third-order valence-electron chi connectivity index (χ3n) is 7.74. The van der Waals surface area contributed by atoms with Crippen LogP contribution in [0.1, 0.15) is 51.2 Å². The maximum absolute atomic E-state index is 13.4. The number of benzene rings is 2. The number of carbonyl (C=O) groups excluding carboxylic acids is 6. The summed E-state index contributed by atoms with van der Waals surface area (Å²) in [6, 6.07) is 8.93. The minimum atomic E-state index is -4.84. The van der Waals surface area contributed by atoms with Crippen LogP contribution in [-0.4, -0.2) is 87.0 Å². The van der Waals surface area contributed by atoms with Gasteiger partial charge in [0.25, 0.3) is 0 Å². The molecule has 0 heterocycles. The Morgan fingerprint density at radius 3 is 1.90 bits per heavy atom. The first-order valence-electron chi connectivity index (χ1n) is 16.2. The lowest BCUT2D eigenvalue weighted by Crippen LogP contribution is -2.57. The molecule has 10 N–H and O–H groups in total. The number of phosphoric ester groups is 1. The van der Waals surface area contributed by atoms with E-state index in [1.54, 1.807) is 44.2 Å². The summed E-state index contributed by atoms with van der Waals surface area (Å²) in [5.74, 6) is -6.44. The van der Waals surface area contributed by atoms with Gasteiger partial charge in [-0.2, -0.15) is 0 Å². The first kappa shape index (κ1) is 42.8. The smallest absolute Gasteiger partial charge is 0.481 e. The molecular formula is C33H45N6O12P. The molecule has 2 aromatic rings. The quantitative estimate of drug-likeness (QED) is 0.0725. The summed E-state index contributed by atoms with van der Waals surface area (Å²) >= 11 is 0. The van der Waals surface area contributed by atoms with Crippen LogP contribution in [0.3, 0.4) is 0 Å². The van der Waals surface area contributed by atoms with E-state index in [-0.39, 0.29) is 30.9 Å². The predicted octanol–water partition coefficient (Wildman–Crippen LogP) is -0.585. The zero-order valence-electron chi connectivity index (χ0n) is 28.9. The Labute approximate surface area is 299 Å². The van der Waals surface area contributed by atoms with Crippen molar-refractivity contribution in [2.45, 2.75) is 77.0 Å². The zero-order chi connectivity index (χ0) is 39.0. The third-order valence-corrected chi connectivity index (χ3v) is 8.19. The van der Waals surface area contributed by atoms with E-state index < -0.39 is 86.4 Å². The molecule has 6 amide bonds. The van der Waals surface area contributed by atoms with Crippen LogP contribution in [0.4, 0.5) is 0 Å². The summed E-state index contributed by atoms with van der Waals surface area (Å²) in [5, 5.41) is 21.5. The largest absolute Gasteiger partial charge is 0.524 e. The second kappa shape index (κ2) is 20.5. The van der Waals surface area contributed by atoms with Crippen molar-refractivity contribution in [1.82, 2.24) is 26.6 Å². The molecule has 0 aromatic heterocycles. The van der Waals surface area contributed by atoms with E-state index in [1.807, 2.05) is 0 Å². The summed E-state index contributed by atoms with van der Waals surface area (Å²) in [7, 11) is -4.84. The predicted molar refractivity (Wildman–Crippen MR) is 185 cm³/mol. The van der Waals surface area contributed by atoms with Gasteiger partial charge in [-0.3, -0.25) is 43.3 Å². The number of carbonyl (C=O) groups is 7. The normalized spacial score (nSPS) is 13.9. The number of carboxylic acids is 1. The number of amides is 6. The van der Waals surface area contributed by atoms with Crippen LogP contribution in [0.15, 0.2) is 54.6 Å². The fourth-order valence-corrected chi connectivity index (χ4v) is 5.26. The molecule has 0 aliphatic rings. The van der Waals surface area contributed by atoms with Gasteiger partial charge in [-0.25, -0.2) is 4.57 Å². The molecule has 0 bridgehead atoms. The lowest BCUT2D eigenvalue weighted by atomic mass is 9.97. The molecule has 0 saturated heterocycles. The minimum absolute atomic E-state index is 0.0317. The summed E-state index contributed by atoms with van der Waals surface area (Å²) < 4.78 is 15.7. The maximum atomic E-state index is 13.4. The Morgan fingerprint density at radius 1 is 0.788 bits per heavy atom. The molecule has 284 valence electrons. The number of primary amides is 1. The fourth-order valence-electron chi connectivity index (χ4n) is 4.87. The number of rotatable bonds is 21. The van der Waals surface area contributed by atoms with E-state index in [2.05, 4.69) is 31.1 Å². The molecule has 19 heteroatoms. The molecule has 0 aliphatic heterocycles. The highest BCUT2D eigenvalue weighted by atomic mass is 31.2. The molecule has 2 aromatic carbocycles. The Balaban J connectivity index is 2.22. The van der Waals surface area contributed by atoms with E-state index in [0.717, 1.165) is 0 Å². The summed E-state index contributed by atoms with van der Waals surface area (Å²) in [6.07, 6.45) is -0.535. The van der Waals surface area contributed by atoms with Crippen molar-refractivity contribution >= 4 is 49.2 Å². The molecule has 0 fully saturated rings. The first-order chi connectivity index (χ1) is 24.4. The number of nitrogens with one attached hydrogen (secondary N) is 5. The van der Waals surface area contributed by atoms with Gasteiger partial charge in [0, 0.05) is 26.2 Å². The topological polar surface area (TPSA) is 293 Å². The Bertz CT molecular complexity index is 1620. The average molecular weight is 749 g/mol. The highest BCUT2D eigenvalue weighted by Crippen LogP contribution is 2.37. The van der Waals surface area contributed by atoms with Crippen LogP contribution in [0, 0.1) is 5.92 Å². The van der Waals surface area contributed by atoms with Crippen LogP contribution in [0.2, 0.25) is 0 Å². The zero-order valence-corrected chi connectivity index (χ0v) is 29.8. The SMILES string of the molecule is CCC(C)C(NC(C)=O)C(=O)NC(Cc1ccc(OP(=O)(O)O)cc1)C(=O)NCC(=O)NC(CCC(=O)O)C(=O)NC(Cc1ccccc1)C(N)=O. The van der Waals surface area contributed by atoms with Crippen molar-refractivity contribution in [2.24, 2.45) is 11.7 Å². The van der Waals surface area contributed by atoms with Crippen LogP contribution < -0.4 is 36.8 Å². The van der Waals surface area contributed by atoms with Crippen molar-refractivity contribution in [1.29, 1.82) is 0 Å². The van der Waals surface area contributed by atoms with E-state index in [9.17, 15) is 43.2 Å². The van der Waals surface area contributed by atoms with Gasteiger partial charge in [0.05, 0.1) is 6.54 Å². The fraction of sp³-hybridized carbons (Fsp3) is 0.424. The number of nitrogens with two attached hydrogens (primary N) is 1. The van der Waals surface area contributed by atoms with Crippen LogP contribution >= 0.6 is 7.82 Å². The molecule has 18 nitrogen and oxygen atoms in total. The highest BCUT2D eigenvalue weighted by molar-refractivity contribution is 7.46. The van der Waals surface area contributed by atoms with Gasteiger partial charge in [-0.05, 0) is 35.6 Å². The maximum Gasteiger partial charge on any atom is 0.524 e.